The molecule has 6 heteroatoms. The molecule has 0 aliphatic carbocycles. The van der Waals surface area contributed by atoms with Crippen LogP contribution in [0.5, 0.6) is 0 Å². The molecule has 1 amide bonds. The number of benzene rings is 3. The van der Waals surface area contributed by atoms with Crippen LogP contribution in [0, 0.1) is 0 Å². The number of amides is 1. The van der Waals surface area contributed by atoms with Crippen molar-refractivity contribution in [1.82, 2.24) is 4.98 Å². The Bertz CT molecular complexity index is 1230. The summed E-state index contributed by atoms with van der Waals surface area (Å²) in [5.74, 6) is 0.586. The van der Waals surface area contributed by atoms with Gasteiger partial charge in [-0.25, -0.2) is 4.98 Å². The standard InChI is InChI=1S/C24H20Cl2N2O2/c1-3-14(2)15-9-11-22-21(12-15)28-24(30-22)16-8-10-19(26)20(13-16)27-23(29)17-6-4-5-7-18(17)25/h4-14H,3H2,1-2H3,(H,27,29)/t14-/m0/s1. The van der Waals surface area contributed by atoms with Gasteiger partial charge in [-0.05, 0) is 60.4 Å². The van der Waals surface area contributed by atoms with Gasteiger partial charge in [-0.3, -0.25) is 4.79 Å². The Morgan fingerprint density at radius 3 is 2.63 bits per heavy atom. The maximum Gasteiger partial charge on any atom is 0.257 e. The number of anilines is 1. The summed E-state index contributed by atoms with van der Waals surface area (Å²) in [5, 5.41) is 3.60. The molecule has 0 fully saturated rings. The van der Waals surface area contributed by atoms with Gasteiger partial charge >= 0.3 is 0 Å². The third-order valence-electron chi connectivity index (χ3n) is 5.17. The molecule has 0 bridgehead atoms. The first-order valence-corrected chi connectivity index (χ1v) is 10.5. The number of hydrogen-bond acceptors (Lipinski definition) is 3. The number of nitrogens with zero attached hydrogens (tertiary/aromatic N) is 1. The number of fused-ring (bicyclic) bond motifs is 1. The number of rotatable bonds is 5. The molecule has 30 heavy (non-hydrogen) atoms. The molecule has 1 atom stereocenters. The highest BCUT2D eigenvalue weighted by Crippen LogP contribution is 2.32. The number of carbonyl (C=O) groups excluding carboxylic acids is 1. The minimum Gasteiger partial charge on any atom is -0.436 e. The summed E-state index contributed by atoms with van der Waals surface area (Å²) in [6.07, 6.45) is 1.06. The molecule has 4 aromatic rings. The molecule has 0 spiro atoms. The van der Waals surface area contributed by atoms with Gasteiger partial charge in [-0.2, -0.15) is 0 Å². The fourth-order valence-electron chi connectivity index (χ4n) is 3.20. The minimum atomic E-state index is -0.338. The lowest BCUT2D eigenvalue weighted by atomic mass is 9.98. The largest absolute Gasteiger partial charge is 0.436 e. The number of hydrogen-bond donors (Lipinski definition) is 1. The molecule has 0 unspecified atom stereocenters. The van der Waals surface area contributed by atoms with Gasteiger partial charge < -0.3 is 9.73 Å². The molecule has 0 saturated heterocycles. The lowest BCUT2D eigenvalue weighted by Gasteiger charge is -2.09. The van der Waals surface area contributed by atoms with Crippen LogP contribution in [0.2, 0.25) is 10.0 Å². The molecule has 152 valence electrons. The normalized spacial score (nSPS) is 12.1. The average Bonchev–Trinajstić information content (AvgIpc) is 3.18. The van der Waals surface area contributed by atoms with Crippen molar-refractivity contribution in [3.63, 3.8) is 0 Å². The zero-order chi connectivity index (χ0) is 21.3. The van der Waals surface area contributed by atoms with E-state index < -0.39 is 0 Å². The predicted octanol–water partition coefficient (Wildman–Crippen LogP) is 7.57. The second-order valence-corrected chi connectivity index (χ2v) is 8.00. The summed E-state index contributed by atoms with van der Waals surface area (Å²) in [4.78, 5) is 17.3. The van der Waals surface area contributed by atoms with E-state index >= 15 is 0 Å². The van der Waals surface area contributed by atoms with E-state index in [4.69, 9.17) is 27.6 Å². The first-order chi connectivity index (χ1) is 14.5. The van der Waals surface area contributed by atoms with E-state index in [1.54, 1.807) is 36.4 Å². The van der Waals surface area contributed by atoms with E-state index in [0.717, 1.165) is 17.5 Å². The van der Waals surface area contributed by atoms with Crippen molar-refractivity contribution >= 4 is 45.9 Å². The van der Waals surface area contributed by atoms with Crippen molar-refractivity contribution in [2.45, 2.75) is 26.2 Å². The van der Waals surface area contributed by atoms with Crippen molar-refractivity contribution in [1.29, 1.82) is 0 Å². The topological polar surface area (TPSA) is 55.1 Å². The highest BCUT2D eigenvalue weighted by molar-refractivity contribution is 6.36. The number of oxazole rings is 1. The van der Waals surface area contributed by atoms with Gasteiger partial charge in [0.2, 0.25) is 5.89 Å². The molecular weight excluding hydrogens is 419 g/mol. The van der Waals surface area contributed by atoms with Gasteiger partial charge in [0.05, 0.1) is 21.3 Å². The van der Waals surface area contributed by atoms with Crippen molar-refractivity contribution in [3.8, 4) is 11.5 Å². The molecule has 0 radical (unpaired) electrons. The predicted molar refractivity (Wildman–Crippen MR) is 123 cm³/mol. The van der Waals surface area contributed by atoms with Crippen LogP contribution < -0.4 is 5.32 Å². The Balaban J connectivity index is 1.66. The summed E-state index contributed by atoms with van der Waals surface area (Å²) in [7, 11) is 0. The highest BCUT2D eigenvalue weighted by Gasteiger charge is 2.15. The Kier molecular flexibility index (Phi) is 5.80. The summed E-state index contributed by atoms with van der Waals surface area (Å²) < 4.78 is 5.94. The number of nitrogens with one attached hydrogen (secondary N) is 1. The van der Waals surface area contributed by atoms with E-state index in [1.165, 1.54) is 5.56 Å². The Labute approximate surface area is 184 Å². The van der Waals surface area contributed by atoms with Crippen molar-refractivity contribution < 1.29 is 9.21 Å². The Morgan fingerprint density at radius 2 is 1.87 bits per heavy atom. The van der Waals surface area contributed by atoms with Crippen LogP contribution in [0.15, 0.2) is 65.1 Å². The van der Waals surface area contributed by atoms with E-state index in [1.807, 2.05) is 12.1 Å². The second-order valence-electron chi connectivity index (χ2n) is 7.18. The third kappa shape index (κ3) is 4.07. The van der Waals surface area contributed by atoms with Gasteiger partial charge in [0.1, 0.15) is 5.52 Å². The second kappa shape index (κ2) is 8.50. The summed E-state index contributed by atoms with van der Waals surface area (Å²) in [6.45, 7) is 4.35. The molecule has 1 N–H and O–H groups in total. The van der Waals surface area contributed by atoms with Crippen LogP contribution in [0.1, 0.15) is 42.1 Å². The highest BCUT2D eigenvalue weighted by atomic mass is 35.5. The fraction of sp³-hybridized carbons (Fsp3) is 0.167. The van der Waals surface area contributed by atoms with Crippen molar-refractivity contribution in [2.24, 2.45) is 0 Å². The minimum absolute atomic E-state index is 0.338. The molecule has 1 aromatic heterocycles. The zero-order valence-corrected chi connectivity index (χ0v) is 18.1. The monoisotopic (exact) mass is 438 g/mol. The maximum atomic E-state index is 12.6. The molecule has 0 aliphatic rings. The lowest BCUT2D eigenvalue weighted by Crippen LogP contribution is -2.12. The average molecular weight is 439 g/mol. The first-order valence-electron chi connectivity index (χ1n) is 9.72. The van der Waals surface area contributed by atoms with Gasteiger partial charge in [0.15, 0.2) is 5.58 Å². The van der Waals surface area contributed by atoms with Crippen LogP contribution in [0.3, 0.4) is 0 Å². The van der Waals surface area contributed by atoms with E-state index in [2.05, 4.69) is 36.3 Å². The molecule has 1 heterocycles. The Morgan fingerprint density at radius 1 is 1.07 bits per heavy atom. The Hall–Kier alpha value is -2.82. The van der Waals surface area contributed by atoms with E-state index in [0.29, 0.717) is 38.7 Å². The van der Waals surface area contributed by atoms with Crippen molar-refractivity contribution in [3.05, 3.63) is 81.8 Å². The van der Waals surface area contributed by atoms with Gasteiger partial charge in [0.25, 0.3) is 5.91 Å². The first kappa shape index (κ1) is 20.5. The zero-order valence-electron chi connectivity index (χ0n) is 16.6. The molecule has 4 nitrogen and oxygen atoms in total. The summed E-state index contributed by atoms with van der Waals surface area (Å²) >= 11 is 12.4. The van der Waals surface area contributed by atoms with Crippen molar-refractivity contribution in [2.75, 3.05) is 5.32 Å². The summed E-state index contributed by atoms with van der Waals surface area (Å²) in [5.41, 5.74) is 4.30. The molecular formula is C24H20Cl2N2O2. The van der Waals surface area contributed by atoms with E-state index in [-0.39, 0.29) is 5.91 Å². The third-order valence-corrected chi connectivity index (χ3v) is 5.83. The molecule has 0 aliphatic heterocycles. The lowest BCUT2D eigenvalue weighted by molar-refractivity contribution is 0.102. The van der Waals surface area contributed by atoms with Crippen LogP contribution >= 0.6 is 23.2 Å². The van der Waals surface area contributed by atoms with Gasteiger partial charge in [-0.15, -0.1) is 0 Å². The smallest absolute Gasteiger partial charge is 0.257 e. The summed E-state index contributed by atoms with van der Waals surface area (Å²) in [6, 6.07) is 18.2. The molecule has 0 saturated carbocycles. The van der Waals surface area contributed by atoms with Crippen LogP contribution in [-0.4, -0.2) is 10.9 Å². The fourth-order valence-corrected chi connectivity index (χ4v) is 3.59. The maximum absolute atomic E-state index is 12.6. The quantitative estimate of drug-likeness (QED) is 0.349. The number of aromatic nitrogens is 1. The number of carbonyl (C=O) groups is 1. The van der Waals surface area contributed by atoms with Crippen LogP contribution in [0.4, 0.5) is 5.69 Å². The van der Waals surface area contributed by atoms with Gasteiger partial charge in [-0.1, -0.05) is 55.2 Å². The van der Waals surface area contributed by atoms with Crippen LogP contribution in [0.25, 0.3) is 22.6 Å². The van der Waals surface area contributed by atoms with E-state index in [9.17, 15) is 4.79 Å². The van der Waals surface area contributed by atoms with Gasteiger partial charge in [0, 0.05) is 5.56 Å². The number of halogens is 2. The van der Waals surface area contributed by atoms with Crippen LogP contribution in [-0.2, 0) is 0 Å². The molecule has 4 rings (SSSR count). The SMILES string of the molecule is CC[C@H](C)c1ccc2oc(-c3ccc(Cl)c(NC(=O)c4ccccc4Cl)c3)nc2c1. The molecule has 3 aromatic carbocycles.